The summed E-state index contributed by atoms with van der Waals surface area (Å²) in [4.78, 5) is 15.9. The van der Waals surface area contributed by atoms with E-state index in [1.54, 1.807) is 4.90 Å². The molecule has 7 heteroatoms. The topological polar surface area (TPSA) is 69.6 Å². The molecule has 2 heterocycles. The van der Waals surface area contributed by atoms with Gasteiger partial charge in [-0.25, -0.2) is 0 Å². The van der Waals surface area contributed by atoms with E-state index >= 15 is 0 Å². The summed E-state index contributed by atoms with van der Waals surface area (Å²) in [5, 5.41) is 9.68. The van der Waals surface area contributed by atoms with Gasteiger partial charge in [0, 0.05) is 19.1 Å². The van der Waals surface area contributed by atoms with E-state index < -0.39 is 6.10 Å². The van der Waals surface area contributed by atoms with E-state index in [4.69, 9.17) is 0 Å². The Morgan fingerprint density at radius 2 is 2.47 bits per heavy atom. The van der Waals surface area contributed by atoms with Crippen molar-refractivity contribution in [2.75, 3.05) is 27.2 Å². The third-order valence-corrected chi connectivity index (χ3v) is 3.29. The Hall–Kier alpha value is -1.05. The minimum atomic E-state index is -0.435. The minimum absolute atomic E-state index is 0.0502. The SMILES string of the molecule is CN(C)CC1CC(O)CN1C(=O)c1cnsn1. The van der Waals surface area contributed by atoms with Gasteiger partial charge in [0.05, 0.1) is 24.0 Å². The van der Waals surface area contributed by atoms with Crippen LogP contribution in [0, 0.1) is 0 Å². The van der Waals surface area contributed by atoms with Gasteiger partial charge in [-0.05, 0) is 20.5 Å². The average molecular weight is 256 g/mol. The number of aromatic nitrogens is 2. The first-order chi connectivity index (χ1) is 8.08. The molecule has 1 saturated heterocycles. The molecule has 0 saturated carbocycles. The molecule has 1 aromatic heterocycles. The third-order valence-electron chi connectivity index (χ3n) is 2.81. The second-order valence-corrected chi connectivity index (χ2v) is 5.11. The number of likely N-dealkylation sites (N-methyl/N-ethyl adjacent to an activating group) is 1. The van der Waals surface area contributed by atoms with Gasteiger partial charge >= 0.3 is 0 Å². The Morgan fingerprint density at radius 1 is 1.71 bits per heavy atom. The van der Waals surface area contributed by atoms with Crippen molar-refractivity contribution in [1.29, 1.82) is 0 Å². The van der Waals surface area contributed by atoms with Gasteiger partial charge in [-0.3, -0.25) is 4.79 Å². The summed E-state index contributed by atoms with van der Waals surface area (Å²) in [5.74, 6) is -0.137. The Bertz CT molecular complexity index is 382. The zero-order valence-electron chi connectivity index (χ0n) is 9.91. The molecule has 0 aliphatic carbocycles. The number of hydrogen-bond donors (Lipinski definition) is 1. The van der Waals surface area contributed by atoms with Crippen molar-refractivity contribution in [1.82, 2.24) is 18.5 Å². The predicted molar refractivity (Wildman–Crippen MR) is 63.9 cm³/mol. The van der Waals surface area contributed by atoms with Gasteiger partial charge in [-0.2, -0.15) is 8.75 Å². The van der Waals surface area contributed by atoms with Crippen LogP contribution in [0.5, 0.6) is 0 Å². The summed E-state index contributed by atoms with van der Waals surface area (Å²) in [6, 6.07) is 0.0502. The van der Waals surface area contributed by atoms with E-state index in [1.165, 1.54) is 6.20 Å². The molecule has 0 spiro atoms. The predicted octanol–water partition coefficient (Wildman–Crippen LogP) is -0.325. The number of likely N-dealkylation sites (tertiary alicyclic amines) is 1. The molecule has 0 aromatic carbocycles. The van der Waals surface area contributed by atoms with E-state index in [0.29, 0.717) is 18.7 Å². The number of β-amino-alcohol motifs (C(OH)–C–C–N with tert-alkyl or cyclic N) is 1. The van der Waals surface area contributed by atoms with Gasteiger partial charge < -0.3 is 14.9 Å². The summed E-state index contributed by atoms with van der Waals surface area (Å²) >= 11 is 1.02. The highest BCUT2D eigenvalue weighted by atomic mass is 32.1. The first-order valence-electron chi connectivity index (χ1n) is 5.49. The van der Waals surface area contributed by atoms with Crippen molar-refractivity contribution in [2.45, 2.75) is 18.6 Å². The molecule has 1 fully saturated rings. The van der Waals surface area contributed by atoms with Crippen LogP contribution in [0.1, 0.15) is 16.9 Å². The molecule has 1 aliphatic rings. The molecule has 2 atom stereocenters. The van der Waals surface area contributed by atoms with Crippen LogP contribution in [-0.4, -0.2) is 68.9 Å². The molecule has 0 bridgehead atoms. The van der Waals surface area contributed by atoms with Crippen LogP contribution in [0.2, 0.25) is 0 Å². The normalized spacial score (nSPS) is 24.6. The lowest BCUT2D eigenvalue weighted by atomic mass is 10.2. The van der Waals surface area contributed by atoms with E-state index in [0.717, 1.165) is 18.3 Å². The second kappa shape index (κ2) is 5.07. The monoisotopic (exact) mass is 256 g/mol. The summed E-state index contributed by atoms with van der Waals surface area (Å²) < 4.78 is 7.77. The number of nitrogens with zero attached hydrogens (tertiary/aromatic N) is 4. The largest absolute Gasteiger partial charge is 0.391 e. The van der Waals surface area contributed by atoms with Crippen LogP contribution >= 0.6 is 11.7 Å². The molecule has 2 rings (SSSR count). The highest BCUT2D eigenvalue weighted by Gasteiger charge is 2.35. The van der Waals surface area contributed by atoms with E-state index in [2.05, 4.69) is 8.75 Å². The number of carbonyl (C=O) groups excluding carboxylic acids is 1. The van der Waals surface area contributed by atoms with Crippen molar-refractivity contribution in [2.24, 2.45) is 0 Å². The molecular formula is C10H16N4O2S. The summed E-state index contributed by atoms with van der Waals surface area (Å²) in [5.41, 5.74) is 0.368. The summed E-state index contributed by atoms with van der Waals surface area (Å²) in [7, 11) is 3.91. The van der Waals surface area contributed by atoms with Crippen LogP contribution < -0.4 is 0 Å². The van der Waals surface area contributed by atoms with Gasteiger partial charge in [0.15, 0.2) is 5.69 Å². The molecule has 1 aromatic rings. The van der Waals surface area contributed by atoms with Crippen molar-refractivity contribution in [3.05, 3.63) is 11.9 Å². The number of hydrogen-bond acceptors (Lipinski definition) is 6. The second-order valence-electron chi connectivity index (χ2n) is 4.56. The molecule has 2 unspecified atom stereocenters. The van der Waals surface area contributed by atoms with Gasteiger partial charge in [0.2, 0.25) is 0 Å². The molecule has 17 heavy (non-hydrogen) atoms. The zero-order valence-corrected chi connectivity index (χ0v) is 10.7. The molecule has 94 valence electrons. The smallest absolute Gasteiger partial charge is 0.275 e. The molecule has 6 nitrogen and oxygen atoms in total. The fourth-order valence-corrected chi connectivity index (χ4v) is 2.55. The molecular weight excluding hydrogens is 240 g/mol. The number of carbonyl (C=O) groups is 1. The number of aliphatic hydroxyl groups excluding tert-OH is 1. The van der Waals surface area contributed by atoms with Gasteiger partial charge in [-0.15, -0.1) is 0 Å². The summed E-state index contributed by atoms with van der Waals surface area (Å²) in [6.07, 6.45) is 1.67. The van der Waals surface area contributed by atoms with Crippen LogP contribution in [0.3, 0.4) is 0 Å². The van der Waals surface area contributed by atoms with Gasteiger partial charge in [-0.1, -0.05) is 0 Å². The van der Waals surface area contributed by atoms with E-state index in [9.17, 15) is 9.90 Å². The molecule has 1 amide bonds. The van der Waals surface area contributed by atoms with Gasteiger partial charge in [0.25, 0.3) is 5.91 Å². The van der Waals surface area contributed by atoms with Crippen molar-refractivity contribution in [3.8, 4) is 0 Å². The maximum Gasteiger partial charge on any atom is 0.275 e. The van der Waals surface area contributed by atoms with Crippen LogP contribution in [0.25, 0.3) is 0 Å². The lowest BCUT2D eigenvalue weighted by Crippen LogP contribution is -2.41. The fraction of sp³-hybridized carbons (Fsp3) is 0.700. The van der Waals surface area contributed by atoms with Crippen LogP contribution in [0.4, 0.5) is 0 Å². The van der Waals surface area contributed by atoms with Crippen molar-refractivity contribution >= 4 is 17.6 Å². The maximum absolute atomic E-state index is 12.1. The Labute approximate surface area is 104 Å². The maximum atomic E-state index is 12.1. The molecule has 0 radical (unpaired) electrons. The fourth-order valence-electron chi connectivity index (χ4n) is 2.14. The zero-order chi connectivity index (χ0) is 12.4. The van der Waals surface area contributed by atoms with Crippen molar-refractivity contribution < 1.29 is 9.90 Å². The van der Waals surface area contributed by atoms with E-state index in [1.807, 2.05) is 19.0 Å². The lowest BCUT2D eigenvalue weighted by molar-refractivity contribution is 0.0694. The standard InChI is InChI=1S/C10H16N4O2S/c1-13(2)5-7-3-8(15)6-14(7)10(16)9-4-11-17-12-9/h4,7-8,15H,3,5-6H2,1-2H3. The van der Waals surface area contributed by atoms with Crippen LogP contribution in [-0.2, 0) is 0 Å². The summed E-state index contributed by atoms with van der Waals surface area (Å²) in [6.45, 7) is 1.13. The lowest BCUT2D eigenvalue weighted by Gasteiger charge is -2.25. The number of rotatable bonds is 3. The molecule has 1 N–H and O–H groups in total. The van der Waals surface area contributed by atoms with E-state index in [-0.39, 0.29) is 11.9 Å². The number of aliphatic hydroxyl groups is 1. The minimum Gasteiger partial charge on any atom is -0.391 e. The number of amides is 1. The first kappa shape index (κ1) is 12.4. The third kappa shape index (κ3) is 2.80. The van der Waals surface area contributed by atoms with Crippen LogP contribution in [0.15, 0.2) is 6.20 Å². The van der Waals surface area contributed by atoms with Crippen molar-refractivity contribution in [3.63, 3.8) is 0 Å². The van der Waals surface area contributed by atoms with Gasteiger partial charge in [0.1, 0.15) is 0 Å². The Kier molecular flexibility index (Phi) is 3.70. The quantitative estimate of drug-likeness (QED) is 0.802. The highest BCUT2D eigenvalue weighted by Crippen LogP contribution is 2.20. The highest BCUT2D eigenvalue weighted by molar-refractivity contribution is 6.99. The Morgan fingerprint density at radius 3 is 3.06 bits per heavy atom. The average Bonchev–Trinajstić information content (AvgIpc) is 2.85. The Balaban J connectivity index is 2.10. The first-order valence-corrected chi connectivity index (χ1v) is 6.22. The molecule has 1 aliphatic heterocycles.